The van der Waals surface area contributed by atoms with Crippen molar-refractivity contribution in [2.75, 3.05) is 0 Å². The number of benzene rings is 2. The van der Waals surface area contributed by atoms with Gasteiger partial charge in [-0.3, -0.25) is 11.3 Å². The highest BCUT2D eigenvalue weighted by Crippen LogP contribution is 2.14. The molecule has 0 bridgehead atoms. The molecule has 0 saturated carbocycles. The number of nitrogens with two attached hydrogens (primary N) is 1. The Morgan fingerprint density at radius 2 is 1.59 bits per heavy atom. The maximum Gasteiger partial charge on any atom is 0.119 e. The van der Waals surface area contributed by atoms with Gasteiger partial charge in [0.15, 0.2) is 0 Å². The summed E-state index contributed by atoms with van der Waals surface area (Å²) in [5.41, 5.74) is 4.93. The van der Waals surface area contributed by atoms with Gasteiger partial charge in [0.25, 0.3) is 0 Å². The molecule has 2 aromatic rings. The third kappa shape index (κ3) is 3.59. The lowest BCUT2D eigenvalue weighted by Crippen LogP contribution is -2.20. The van der Waals surface area contributed by atoms with E-state index in [2.05, 4.69) is 5.43 Å². The summed E-state index contributed by atoms with van der Waals surface area (Å²) in [7, 11) is 0. The third-order valence-corrected chi connectivity index (χ3v) is 2.48. The van der Waals surface area contributed by atoms with Crippen LogP contribution in [0.5, 0.6) is 5.75 Å². The van der Waals surface area contributed by atoms with E-state index < -0.39 is 0 Å². The van der Waals surface area contributed by atoms with Gasteiger partial charge >= 0.3 is 0 Å². The highest BCUT2D eigenvalue weighted by atomic mass is 16.5. The van der Waals surface area contributed by atoms with Crippen LogP contribution < -0.4 is 16.0 Å². The molecule has 0 aliphatic carbocycles. The van der Waals surface area contributed by atoms with Crippen molar-refractivity contribution < 1.29 is 4.74 Å². The first-order valence-corrected chi connectivity index (χ1v) is 5.57. The van der Waals surface area contributed by atoms with E-state index in [0.29, 0.717) is 13.2 Å². The van der Waals surface area contributed by atoms with Crippen LogP contribution in [0.3, 0.4) is 0 Å². The Bertz CT molecular complexity index is 440. The van der Waals surface area contributed by atoms with Crippen molar-refractivity contribution in [3.05, 3.63) is 65.7 Å². The van der Waals surface area contributed by atoms with Crippen molar-refractivity contribution in [2.45, 2.75) is 13.2 Å². The van der Waals surface area contributed by atoms with Crippen molar-refractivity contribution in [2.24, 2.45) is 5.84 Å². The van der Waals surface area contributed by atoms with Gasteiger partial charge in [-0.1, -0.05) is 42.5 Å². The molecule has 2 aromatic carbocycles. The number of ether oxygens (including phenoxy) is 1. The first-order chi connectivity index (χ1) is 8.38. The molecule has 0 radical (unpaired) electrons. The minimum absolute atomic E-state index is 0.593. The van der Waals surface area contributed by atoms with Crippen molar-refractivity contribution >= 4 is 0 Å². The molecule has 0 atom stereocenters. The minimum atomic E-state index is 0.593. The maximum absolute atomic E-state index is 5.67. The van der Waals surface area contributed by atoms with E-state index in [1.54, 1.807) is 0 Å². The van der Waals surface area contributed by atoms with Crippen molar-refractivity contribution in [1.29, 1.82) is 0 Å². The average molecular weight is 228 g/mol. The third-order valence-electron chi connectivity index (χ3n) is 2.48. The number of hydrazine groups is 1. The lowest BCUT2D eigenvalue weighted by atomic mass is 10.2. The van der Waals surface area contributed by atoms with Crippen LogP contribution in [0.2, 0.25) is 0 Å². The summed E-state index contributed by atoms with van der Waals surface area (Å²) in [4.78, 5) is 0. The summed E-state index contributed by atoms with van der Waals surface area (Å²) in [6.07, 6.45) is 0. The summed E-state index contributed by atoms with van der Waals surface area (Å²) >= 11 is 0. The molecule has 0 spiro atoms. The Labute approximate surface area is 101 Å². The van der Waals surface area contributed by atoms with Crippen LogP contribution in [-0.4, -0.2) is 0 Å². The summed E-state index contributed by atoms with van der Waals surface area (Å²) in [5.74, 6) is 6.12. The molecule has 0 aliphatic rings. The lowest BCUT2D eigenvalue weighted by molar-refractivity contribution is 0.306. The second-order valence-electron chi connectivity index (χ2n) is 3.80. The second-order valence-corrected chi connectivity index (χ2v) is 3.80. The van der Waals surface area contributed by atoms with E-state index >= 15 is 0 Å². The number of nitrogens with one attached hydrogen (secondary N) is 1. The topological polar surface area (TPSA) is 47.3 Å². The number of hydrogen-bond acceptors (Lipinski definition) is 3. The number of hydrogen-bond donors (Lipinski definition) is 2. The van der Waals surface area contributed by atoms with Crippen LogP contribution >= 0.6 is 0 Å². The molecule has 2 rings (SSSR count). The van der Waals surface area contributed by atoms with Gasteiger partial charge in [0, 0.05) is 6.54 Å². The fourth-order valence-electron chi connectivity index (χ4n) is 1.56. The zero-order valence-corrected chi connectivity index (χ0v) is 9.60. The van der Waals surface area contributed by atoms with Gasteiger partial charge in [-0.15, -0.1) is 0 Å². The molecular formula is C14H16N2O. The van der Waals surface area contributed by atoms with E-state index in [0.717, 1.165) is 11.3 Å². The highest BCUT2D eigenvalue weighted by Gasteiger charge is 1.96. The van der Waals surface area contributed by atoms with E-state index in [4.69, 9.17) is 10.6 Å². The fourth-order valence-corrected chi connectivity index (χ4v) is 1.56. The van der Waals surface area contributed by atoms with Crippen LogP contribution in [0.25, 0.3) is 0 Å². The lowest BCUT2D eigenvalue weighted by Gasteiger charge is -2.07. The van der Waals surface area contributed by atoms with Gasteiger partial charge in [-0.05, 0) is 23.3 Å². The number of rotatable bonds is 5. The van der Waals surface area contributed by atoms with E-state index in [1.165, 1.54) is 5.56 Å². The van der Waals surface area contributed by atoms with E-state index in [-0.39, 0.29) is 0 Å². The van der Waals surface area contributed by atoms with Crippen molar-refractivity contribution in [1.82, 2.24) is 5.43 Å². The summed E-state index contributed by atoms with van der Waals surface area (Å²) in [5, 5.41) is 0. The molecule has 3 N–H and O–H groups in total. The first kappa shape index (κ1) is 11.6. The normalized spacial score (nSPS) is 10.2. The van der Waals surface area contributed by atoms with Crippen LogP contribution in [0.1, 0.15) is 11.1 Å². The molecule has 0 heterocycles. The largest absolute Gasteiger partial charge is 0.489 e. The van der Waals surface area contributed by atoms with Crippen LogP contribution in [0, 0.1) is 0 Å². The Kier molecular flexibility index (Phi) is 4.13. The Morgan fingerprint density at radius 3 is 2.24 bits per heavy atom. The summed E-state index contributed by atoms with van der Waals surface area (Å²) < 4.78 is 5.67. The van der Waals surface area contributed by atoms with E-state index in [1.807, 2.05) is 54.6 Å². The molecule has 0 saturated heterocycles. The Morgan fingerprint density at radius 1 is 0.882 bits per heavy atom. The molecule has 0 aromatic heterocycles. The predicted molar refractivity (Wildman–Crippen MR) is 68.2 cm³/mol. The van der Waals surface area contributed by atoms with Gasteiger partial charge in [0.2, 0.25) is 0 Å². The maximum atomic E-state index is 5.67. The minimum Gasteiger partial charge on any atom is -0.489 e. The molecule has 0 fully saturated rings. The summed E-state index contributed by atoms with van der Waals surface area (Å²) in [6, 6.07) is 18.0. The molecule has 3 heteroatoms. The monoisotopic (exact) mass is 228 g/mol. The molecule has 17 heavy (non-hydrogen) atoms. The molecule has 3 nitrogen and oxygen atoms in total. The smallest absolute Gasteiger partial charge is 0.119 e. The highest BCUT2D eigenvalue weighted by molar-refractivity contribution is 5.27. The van der Waals surface area contributed by atoms with Crippen LogP contribution in [-0.2, 0) is 13.2 Å². The quantitative estimate of drug-likeness (QED) is 0.609. The van der Waals surface area contributed by atoms with Crippen molar-refractivity contribution in [3.63, 3.8) is 0 Å². The van der Waals surface area contributed by atoms with Gasteiger partial charge in [0.1, 0.15) is 12.4 Å². The fraction of sp³-hybridized carbons (Fsp3) is 0.143. The Balaban J connectivity index is 1.91. The van der Waals surface area contributed by atoms with Gasteiger partial charge < -0.3 is 4.74 Å². The molecular weight excluding hydrogens is 212 g/mol. The van der Waals surface area contributed by atoms with Crippen molar-refractivity contribution in [3.8, 4) is 5.75 Å². The molecule has 88 valence electrons. The zero-order valence-electron chi connectivity index (χ0n) is 9.60. The van der Waals surface area contributed by atoms with Gasteiger partial charge in [-0.25, -0.2) is 0 Å². The zero-order chi connectivity index (χ0) is 11.9. The molecule has 0 aliphatic heterocycles. The Hall–Kier alpha value is -1.84. The van der Waals surface area contributed by atoms with Crippen LogP contribution in [0.15, 0.2) is 54.6 Å². The average Bonchev–Trinajstić information content (AvgIpc) is 2.40. The molecule has 0 unspecified atom stereocenters. The molecule has 0 amide bonds. The standard InChI is InChI=1S/C14H16N2O/c15-16-10-12-6-8-14(9-7-12)17-11-13-4-2-1-3-5-13/h1-9,16H,10-11,15H2. The SMILES string of the molecule is NNCc1ccc(OCc2ccccc2)cc1. The first-order valence-electron chi connectivity index (χ1n) is 5.57. The second kappa shape index (κ2) is 6.03. The van der Waals surface area contributed by atoms with Crippen LogP contribution in [0.4, 0.5) is 0 Å². The van der Waals surface area contributed by atoms with E-state index in [9.17, 15) is 0 Å². The predicted octanol–water partition coefficient (Wildman–Crippen LogP) is 2.23. The van der Waals surface area contributed by atoms with Gasteiger partial charge in [-0.2, -0.15) is 0 Å². The summed E-state index contributed by atoms with van der Waals surface area (Å²) in [6.45, 7) is 1.26. The van der Waals surface area contributed by atoms with Gasteiger partial charge in [0.05, 0.1) is 0 Å².